The van der Waals surface area contributed by atoms with Gasteiger partial charge in [-0.15, -0.1) is 0 Å². The van der Waals surface area contributed by atoms with Gasteiger partial charge in [-0.1, -0.05) is 35.3 Å². The molecule has 2 fully saturated rings. The van der Waals surface area contributed by atoms with Crippen molar-refractivity contribution < 1.29 is 23.5 Å². The smallest absolute Gasteiger partial charge is 0.335 e. The SMILES string of the molecule is Cc1c(Cl)cc(-c2ccc(C(=O)O)cc2)cc1Cl.O=C1CCCN1C1CCC(F)(F)CC1. The lowest BCUT2D eigenvalue weighted by Gasteiger charge is -2.34. The van der Waals surface area contributed by atoms with E-state index in [1.54, 1.807) is 29.2 Å². The quantitative estimate of drug-likeness (QED) is 0.518. The number of amides is 1. The third kappa shape index (κ3) is 5.99. The zero-order chi connectivity index (χ0) is 23.5. The number of carboxylic acid groups (broad SMARTS) is 1. The molecule has 8 heteroatoms. The van der Waals surface area contributed by atoms with Crippen molar-refractivity contribution in [2.45, 2.75) is 57.4 Å². The van der Waals surface area contributed by atoms with Gasteiger partial charge in [-0.2, -0.15) is 0 Å². The fraction of sp³-hybridized carbons (Fsp3) is 0.417. The van der Waals surface area contributed by atoms with Crippen molar-refractivity contribution in [1.29, 1.82) is 0 Å². The van der Waals surface area contributed by atoms with Crippen LogP contribution in [0.15, 0.2) is 36.4 Å². The fourth-order valence-electron chi connectivity index (χ4n) is 4.01. The van der Waals surface area contributed by atoms with Crippen LogP contribution in [0.1, 0.15) is 54.4 Å². The van der Waals surface area contributed by atoms with Gasteiger partial charge in [0, 0.05) is 41.9 Å². The first kappa shape index (κ1) is 24.5. The molecule has 1 aliphatic heterocycles. The molecule has 32 heavy (non-hydrogen) atoms. The van der Waals surface area contributed by atoms with E-state index in [9.17, 15) is 18.4 Å². The van der Waals surface area contributed by atoms with Gasteiger partial charge in [-0.05, 0) is 67.1 Å². The number of carboxylic acids is 1. The second kappa shape index (κ2) is 10.2. The number of likely N-dealkylation sites (tertiary alicyclic amines) is 1. The molecule has 4 nitrogen and oxygen atoms in total. The average Bonchev–Trinajstić information content (AvgIpc) is 3.18. The molecule has 0 spiro atoms. The highest BCUT2D eigenvalue weighted by atomic mass is 35.5. The Balaban J connectivity index is 0.000000186. The monoisotopic (exact) mass is 483 g/mol. The molecule has 0 atom stereocenters. The second-order valence-corrected chi connectivity index (χ2v) is 9.04. The van der Waals surface area contributed by atoms with Gasteiger partial charge < -0.3 is 10.0 Å². The Morgan fingerprint density at radius 2 is 1.62 bits per heavy atom. The van der Waals surface area contributed by atoms with Crippen molar-refractivity contribution in [3.8, 4) is 11.1 Å². The van der Waals surface area contributed by atoms with Gasteiger partial charge in [0.1, 0.15) is 0 Å². The molecular formula is C24H25Cl2F2NO3. The predicted molar refractivity (Wildman–Crippen MR) is 122 cm³/mol. The van der Waals surface area contributed by atoms with Gasteiger partial charge in [-0.3, -0.25) is 4.79 Å². The Morgan fingerprint density at radius 3 is 2.09 bits per heavy atom. The van der Waals surface area contributed by atoms with Gasteiger partial charge >= 0.3 is 5.97 Å². The Morgan fingerprint density at radius 1 is 1.06 bits per heavy atom. The van der Waals surface area contributed by atoms with Crippen LogP contribution in [0, 0.1) is 6.92 Å². The van der Waals surface area contributed by atoms with Gasteiger partial charge in [0.2, 0.25) is 11.8 Å². The first-order valence-electron chi connectivity index (χ1n) is 10.5. The third-order valence-corrected chi connectivity index (χ3v) is 6.77. The zero-order valence-corrected chi connectivity index (χ0v) is 19.2. The van der Waals surface area contributed by atoms with Crippen LogP contribution >= 0.6 is 23.2 Å². The second-order valence-electron chi connectivity index (χ2n) is 8.23. The van der Waals surface area contributed by atoms with Crippen LogP contribution in [-0.2, 0) is 4.79 Å². The summed E-state index contributed by atoms with van der Waals surface area (Å²) in [6.07, 6.45) is 2.33. The highest BCUT2D eigenvalue weighted by Gasteiger charge is 2.38. The van der Waals surface area contributed by atoms with Gasteiger partial charge in [0.05, 0.1) is 5.56 Å². The van der Waals surface area contributed by atoms with E-state index in [1.807, 2.05) is 19.1 Å². The van der Waals surface area contributed by atoms with Crippen LogP contribution in [0.4, 0.5) is 8.78 Å². The first-order valence-corrected chi connectivity index (χ1v) is 11.3. The average molecular weight is 484 g/mol. The fourth-order valence-corrected chi connectivity index (χ4v) is 4.50. The molecule has 2 aromatic rings. The molecule has 1 amide bonds. The molecule has 1 saturated heterocycles. The summed E-state index contributed by atoms with van der Waals surface area (Å²) in [4.78, 5) is 23.9. The minimum absolute atomic E-state index is 0.0541. The summed E-state index contributed by atoms with van der Waals surface area (Å²) >= 11 is 12.1. The van der Waals surface area contributed by atoms with Crippen LogP contribution in [0.3, 0.4) is 0 Å². The molecule has 2 aromatic carbocycles. The van der Waals surface area contributed by atoms with E-state index in [4.69, 9.17) is 28.3 Å². The number of nitrogens with zero attached hydrogens (tertiary/aromatic N) is 1. The summed E-state index contributed by atoms with van der Waals surface area (Å²) in [7, 11) is 0. The van der Waals surface area contributed by atoms with E-state index in [0.717, 1.165) is 29.7 Å². The van der Waals surface area contributed by atoms with Gasteiger partial charge in [0.25, 0.3) is 0 Å². The number of carbonyl (C=O) groups excluding carboxylic acids is 1. The van der Waals surface area contributed by atoms with E-state index in [-0.39, 0.29) is 30.4 Å². The van der Waals surface area contributed by atoms with Crippen LogP contribution in [-0.4, -0.2) is 40.4 Å². The predicted octanol–water partition coefficient (Wildman–Crippen LogP) is 6.85. The number of hydrogen-bond donors (Lipinski definition) is 1. The van der Waals surface area contributed by atoms with Crippen molar-refractivity contribution in [2.24, 2.45) is 0 Å². The molecule has 0 radical (unpaired) electrons. The Labute approximate surface area is 196 Å². The van der Waals surface area contributed by atoms with Crippen molar-refractivity contribution in [1.82, 2.24) is 4.90 Å². The third-order valence-electron chi connectivity index (χ3n) is 5.98. The number of hydrogen-bond acceptors (Lipinski definition) is 2. The maximum absolute atomic E-state index is 12.9. The number of aromatic carboxylic acids is 1. The maximum atomic E-state index is 12.9. The normalized spacial score (nSPS) is 18.3. The molecule has 0 unspecified atom stereocenters. The van der Waals surface area contributed by atoms with Crippen LogP contribution in [0.2, 0.25) is 10.0 Å². The largest absolute Gasteiger partial charge is 0.478 e. The van der Waals surface area contributed by atoms with E-state index < -0.39 is 11.9 Å². The Hall–Kier alpha value is -2.18. The number of carbonyl (C=O) groups is 2. The van der Waals surface area contributed by atoms with E-state index in [1.165, 1.54) is 0 Å². The summed E-state index contributed by atoms with van der Waals surface area (Å²) in [6, 6.07) is 10.3. The summed E-state index contributed by atoms with van der Waals surface area (Å²) < 4.78 is 25.7. The standard InChI is InChI=1S/C14H10Cl2O2.C10H15F2NO/c1-8-12(15)6-11(7-13(8)16)9-2-4-10(5-3-9)14(17)18;11-10(12)5-3-8(4-6-10)13-7-1-2-9(13)14/h2-7H,1H3,(H,17,18);8H,1-7H2. The van der Waals surface area contributed by atoms with Gasteiger partial charge in [0.15, 0.2) is 0 Å². The van der Waals surface area contributed by atoms with Gasteiger partial charge in [-0.25, -0.2) is 13.6 Å². The molecular weight excluding hydrogens is 459 g/mol. The summed E-state index contributed by atoms with van der Waals surface area (Å²) in [5.74, 6) is -3.28. The number of alkyl halides is 2. The van der Waals surface area contributed by atoms with Crippen LogP contribution in [0.5, 0.6) is 0 Å². The van der Waals surface area contributed by atoms with E-state index >= 15 is 0 Å². The van der Waals surface area contributed by atoms with Crippen molar-refractivity contribution in [3.63, 3.8) is 0 Å². The highest BCUT2D eigenvalue weighted by molar-refractivity contribution is 6.36. The van der Waals surface area contributed by atoms with Crippen molar-refractivity contribution in [2.75, 3.05) is 6.54 Å². The summed E-state index contributed by atoms with van der Waals surface area (Å²) in [6.45, 7) is 2.62. The molecule has 0 aromatic heterocycles. The molecule has 1 aliphatic carbocycles. The lowest BCUT2D eigenvalue weighted by Crippen LogP contribution is -2.41. The number of halogens is 4. The lowest BCUT2D eigenvalue weighted by atomic mass is 9.91. The summed E-state index contributed by atoms with van der Waals surface area (Å²) in [5, 5.41) is 10.0. The molecule has 4 rings (SSSR count). The summed E-state index contributed by atoms with van der Waals surface area (Å²) in [5.41, 5.74) is 2.84. The minimum Gasteiger partial charge on any atom is -0.478 e. The highest BCUT2D eigenvalue weighted by Crippen LogP contribution is 2.36. The Kier molecular flexibility index (Phi) is 7.78. The number of rotatable bonds is 3. The topological polar surface area (TPSA) is 57.6 Å². The molecule has 172 valence electrons. The first-order chi connectivity index (χ1) is 15.1. The molecule has 1 heterocycles. The van der Waals surface area contributed by atoms with Crippen LogP contribution < -0.4 is 0 Å². The zero-order valence-electron chi connectivity index (χ0n) is 17.7. The maximum Gasteiger partial charge on any atom is 0.335 e. The van der Waals surface area contributed by atoms with E-state index in [0.29, 0.717) is 29.3 Å². The van der Waals surface area contributed by atoms with Crippen molar-refractivity contribution in [3.05, 3.63) is 57.6 Å². The van der Waals surface area contributed by atoms with Crippen LogP contribution in [0.25, 0.3) is 11.1 Å². The van der Waals surface area contributed by atoms with E-state index in [2.05, 4.69) is 0 Å². The van der Waals surface area contributed by atoms with Crippen molar-refractivity contribution >= 4 is 35.1 Å². The lowest BCUT2D eigenvalue weighted by molar-refractivity contribution is -0.132. The molecule has 1 N–H and O–H groups in total. The molecule has 2 aliphatic rings. The number of benzene rings is 2. The Bertz CT molecular complexity index is 962. The molecule has 1 saturated carbocycles. The minimum atomic E-state index is -2.49. The molecule has 0 bridgehead atoms.